The van der Waals surface area contributed by atoms with Crippen LogP contribution in [0.15, 0.2) is 36.7 Å². The molecule has 3 aromatic rings. The lowest BCUT2D eigenvalue weighted by molar-refractivity contribution is -0.123. The van der Waals surface area contributed by atoms with Gasteiger partial charge in [-0.05, 0) is 61.1 Å². The van der Waals surface area contributed by atoms with Crippen LogP contribution < -0.4 is 4.90 Å². The number of carbonyl (C=O) groups is 1. The maximum Gasteiger partial charge on any atom is 0.232 e. The van der Waals surface area contributed by atoms with E-state index in [-0.39, 0.29) is 11.8 Å². The van der Waals surface area contributed by atoms with Gasteiger partial charge in [0.15, 0.2) is 5.13 Å². The van der Waals surface area contributed by atoms with E-state index in [1.165, 1.54) is 12.0 Å². The highest BCUT2D eigenvalue weighted by Gasteiger charge is 2.29. The predicted octanol–water partition coefficient (Wildman–Crippen LogP) is 5.68. The van der Waals surface area contributed by atoms with Crippen LogP contribution in [0.2, 0.25) is 0 Å². The molecule has 1 aromatic carbocycles. The molecule has 1 saturated carbocycles. The van der Waals surface area contributed by atoms with Crippen molar-refractivity contribution >= 4 is 32.6 Å². The summed E-state index contributed by atoms with van der Waals surface area (Å²) in [5.74, 6) is 0.335. The first-order chi connectivity index (χ1) is 13.7. The van der Waals surface area contributed by atoms with Crippen molar-refractivity contribution in [2.45, 2.75) is 58.9 Å². The lowest BCUT2D eigenvalue weighted by Gasteiger charge is -2.28. The molecule has 0 unspecified atom stereocenters. The molecular weight excluding hydrogens is 366 g/mol. The molecule has 4 nitrogen and oxygen atoms in total. The van der Waals surface area contributed by atoms with Gasteiger partial charge >= 0.3 is 0 Å². The van der Waals surface area contributed by atoms with Crippen LogP contribution in [-0.2, 0) is 17.8 Å². The molecule has 0 saturated heterocycles. The molecular formula is C23H27N3OS. The molecule has 1 aliphatic carbocycles. The smallest absolute Gasteiger partial charge is 0.232 e. The molecule has 1 amide bonds. The number of pyridine rings is 1. The molecule has 146 valence electrons. The Hall–Kier alpha value is -2.27. The number of hydrogen-bond acceptors (Lipinski definition) is 4. The van der Waals surface area contributed by atoms with Gasteiger partial charge in [0, 0.05) is 18.3 Å². The summed E-state index contributed by atoms with van der Waals surface area (Å²) in [6.45, 7) is 4.77. The third kappa shape index (κ3) is 3.95. The van der Waals surface area contributed by atoms with Crippen LogP contribution in [0.5, 0.6) is 0 Å². The summed E-state index contributed by atoms with van der Waals surface area (Å²) in [6, 6.07) is 8.41. The minimum atomic E-state index is 0.115. The van der Waals surface area contributed by atoms with Crippen molar-refractivity contribution in [3.63, 3.8) is 0 Å². The van der Waals surface area contributed by atoms with E-state index in [0.29, 0.717) is 6.54 Å². The molecule has 0 spiro atoms. The van der Waals surface area contributed by atoms with E-state index in [4.69, 9.17) is 4.98 Å². The van der Waals surface area contributed by atoms with Crippen LogP contribution in [0, 0.1) is 12.8 Å². The summed E-state index contributed by atoms with van der Waals surface area (Å²) in [7, 11) is 0. The highest BCUT2D eigenvalue weighted by atomic mass is 32.1. The Labute approximate surface area is 170 Å². The van der Waals surface area contributed by atoms with Crippen LogP contribution >= 0.6 is 11.3 Å². The van der Waals surface area contributed by atoms with Gasteiger partial charge in [-0.25, -0.2) is 4.98 Å². The van der Waals surface area contributed by atoms with Gasteiger partial charge in [-0.2, -0.15) is 0 Å². The number of thiazole rings is 1. The van der Waals surface area contributed by atoms with E-state index < -0.39 is 0 Å². The molecule has 0 bridgehead atoms. The number of aromatic nitrogens is 2. The van der Waals surface area contributed by atoms with Gasteiger partial charge in [0.25, 0.3) is 0 Å². The third-order valence-electron chi connectivity index (χ3n) is 5.78. The monoisotopic (exact) mass is 393 g/mol. The normalized spacial score (nSPS) is 15.1. The van der Waals surface area contributed by atoms with Crippen LogP contribution in [-0.4, -0.2) is 15.9 Å². The molecule has 1 fully saturated rings. The van der Waals surface area contributed by atoms with Crippen molar-refractivity contribution < 1.29 is 4.79 Å². The van der Waals surface area contributed by atoms with Gasteiger partial charge in [-0.3, -0.25) is 14.7 Å². The van der Waals surface area contributed by atoms with Crippen LogP contribution in [0.3, 0.4) is 0 Å². The molecule has 0 N–H and O–H groups in total. The summed E-state index contributed by atoms with van der Waals surface area (Å²) in [5.41, 5.74) is 4.52. The summed E-state index contributed by atoms with van der Waals surface area (Å²) in [6.07, 6.45) is 10.2. The molecule has 28 heavy (non-hydrogen) atoms. The van der Waals surface area contributed by atoms with Gasteiger partial charge in [0.05, 0.1) is 16.8 Å². The van der Waals surface area contributed by atoms with Crippen molar-refractivity contribution in [2.24, 2.45) is 5.92 Å². The van der Waals surface area contributed by atoms with Gasteiger partial charge in [-0.1, -0.05) is 43.6 Å². The number of amides is 1. The van der Waals surface area contributed by atoms with Crippen molar-refractivity contribution in [3.05, 3.63) is 53.3 Å². The second-order valence-corrected chi connectivity index (χ2v) is 8.72. The first-order valence-corrected chi connectivity index (χ1v) is 11.1. The predicted molar refractivity (Wildman–Crippen MR) is 116 cm³/mol. The standard InChI is InChI=1S/C23H27N3OS/c1-3-17-9-10-20-21(13-17)28-23(25-20)26(15-19-14-24-12-11-16(19)2)22(27)18-7-5-4-6-8-18/h9-14,18H,3-8,15H2,1-2H3. The first kappa shape index (κ1) is 19.1. The lowest BCUT2D eigenvalue weighted by Crippen LogP contribution is -2.36. The number of anilines is 1. The maximum absolute atomic E-state index is 13.5. The van der Waals surface area contributed by atoms with Crippen molar-refractivity contribution in [3.8, 4) is 0 Å². The lowest BCUT2D eigenvalue weighted by atomic mass is 9.88. The fourth-order valence-corrected chi connectivity index (χ4v) is 4.97. The first-order valence-electron chi connectivity index (χ1n) is 10.3. The molecule has 2 aromatic heterocycles. The van der Waals surface area contributed by atoms with Gasteiger partial charge in [0.2, 0.25) is 5.91 Å². The Morgan fingerprint density at radius 1 is 1.21 bits per heavy atom. The number of hydrogen-bond donors (Lipinski definition) is 0. The molecule has 0 atom stereocenters. The van der Waals surface area contributed by atoms with Crippen LogP contribution in [0.25, 0.3) is 10.2 Å². The Kier molecular flexibility index (Phi) is 5.72. The molecule has 1 aliphatic rings. The zero-order valence-electron chi connectivity index (χ0n) is 16.6. The van der Waals surface area contributed by atoms with E-state index in [1.807, 2.05) is 17.2 Å². The van der Waals surface area contributed by atoms with Crippen molar-refractivity contribution in [2.75, 3.05) is 4.90 Å². The summed E-state index contributed by atoms with van der Waals surface area (Å²) < 4.78 is 1.15. The second-order valence-electron chi connectivity index (χ2n) is 7.71. The molecule has 0 radical (unpaired) electrons. The number of fused-ring (bicyclic) bond motifs is 1. The SMILES string of the molecule is CCc1ccc2nc(N(Cc3cnccc3C)C(=O)C3CCCCC3)sc2c1. The van der Waals surface area contributed by atoms with E-state index in [2.05, 4.69) is 37.0 Å². The highest BCUT2D eigenvalue weighted by Crippen LogP contribution is 2.34. The second kappa shape index (κ2) is 8.39. The van der Waals surface area contributed by atoms with Crippen LogP contribution in [0.4, 0.5) is 5.13 Å². The average molecular weight is 394 g/mol. The van der Waals surface area contributed by atoms with Gasteiger partial charge in [-0.15, -0.1) is 0 Å². The van der Waals surface area contributed by atoms with Gasteiger partial charge < -0.3 is 0 Å². The minimum absolute atomic E-state index is 0.115. The quantitative estimate of drug-likeness (QED) is 0.560. The third-order valence-corrected chi connectivity index (χ3v) is 6.82. The fourth-order valence-electron chi connectivity index (χ4n) is 3.93. The average Bonchev–Trinajstić information content (AvgIpc) is 3.16. The number of nitrogens with zero attached hydrogens (tertiary/aromatic N) is 3. The summed E-state index contributed by atoms with van der Waals surface area (Å²) in [4.78, 5) is 24.5. The molecule has 2 heterocycles. The zero-order valence-corrected chi connectivity index (χ0v) is 17.5. The molecule has 0 aliphatic heterocycles. The maximum atomic E-state index is 13.5. The molecule has 5 heteroatoms. The largest absolute Gasteiger partial charge is 0.283 e. The fraction of sp³-hybridized carbons (Fsp3) is 0.435. The minimum Gasteiger partial charge on any atom is -0.283 e. The van der Waals surface area contributed by atoms with Crippen molar-refractivity contribution in [1.82, 2.24) is 9.97 Å². The summed E-state index contributed by atoms with van der Waals surface area (Å²) in [5, 5.41) is 0.807. The number of carbonyl (C=O) groups excluding carboxylic acids is 1. The Morgan fingerprint density at radius 3 is 2.79 bits per heavy atom. The Balaban J connectivity index is 1.71. The van der Waals surface area contributed by atoms with E-state index in [0.717, 1.165) is 58.6 Å². The Bertz CT molecular complexity index is 975. The molecule has 4 rings (SSSR count). The van der Waals surface area contributed by atoms with E-state index in [9.17, 15) is 4.79 Å². The topological polar surface area (TPSA) is 46.1 Å². The van der Waals surface area contributed by atoms with Crippen molar-refractivity contribution in [1.29, 1.82) is 0 Å². The van der Waals surface area contributed by atoms with E-state index in [1.54, 1.807) is 17.5 Å². The van der Waals surface area contributed by atoms with Gasteiger partial charge in [0.1, 0.15) is 0 Å². The number of rotatable bonds is 5. The summed E-state index contributed by atoms with van der Waals surface area (Å²) >= 11 is 1.63. The van der Waals surface area contributed by atoms with E-state index >= 15 is 0 Å². The zero-order chi connectivity index (χ0) is 19.5. The number of aryl methyl sites for hydroxylation is 2. The highest BCUT2D eigenvalue weighted by molar-refractivity contribution is 7.22. The van der Waals surface area contributed by atoms with Crippen LogP contribution in [0.1, 0.15) is 55.7 Å². The Morgan fingerprint density at radius 2 is 2.04 bits per heavy atom. The number of benzene rings is 1.